The van der Waals surface area contributed by atoms with Crippen molar-refractivity contribution < 1.29 is 43.9 Å². The molecule has 4 fully saturated rings. The number of hydrogen-bond acceptors (Lipinski definition) is 6. The van der Waals surface area contributed by atoms with Gasteiger partial charge in [0.2, 0.25) is 5.91 Å². The molecule has 11 nitrogen and oxygen atoms in total. The number of aliphatic hydroxyl groups excluding tert-OH is 1. The predicted octanol–water partition coefficient (Wildman–Crippen LogP) is 0.923. The SMILES string of the molecule is C[C@@H](O)[C@H]1C(=O)N2C(C(=O)O)=C(c3ccc4c(c3)C(=O)c3ccc(C[N+]56CC[N+](CC([O-])=Nc7ccc(C#[NH+])cc7)(CC5)CC6)cc3-4)[C@H](C)[C@H]12. The second-order valence-electron chi connectivity index (χ2n) is 14.8. The van der Waals surface area contributed by atoms with Gasteiger partial charge in [0.25, 0.3) is 0 Å². The fourth-order valence-electron chi connectivity index (χ4n) is 9.23. The first-order valence-corrected chi connectivity index (χ1v) is 17.2. The Morgan fingerprint density at radius 1 is 0.960 bits per heavy atom. The van der Waals surface area contributed by atoms with Gasteiger partial charge in [-0.1, -0.05) is 30.4 Å². The fraction of sp³-hybridized carbons (Fsp3) is 0.359. The molecule has 254 valence electrons. The lowest BCUT2D eigenvalue weighted by Gasteiger charge is -2.56. The number of carbonyl (C=O) groups is 3. The van der Waals surface area contributed by atoms with Crippen LogP contribution in [0.1, 0.15) is 46.5 Å². The summed E-state index contributed by atoms with van der Waals surface area (Å²) in [6.07, 6.45) is -0.888. The van der Waals surface area contributed by atoms with Crippen LogP contribution in [0, 0.1) is 17.9 Å². The minimum Gasteiger partial charge on any atom is -0.858 e. The number of fused-ring (bicyclic) bond motifs is 7. The molecule has 2 bridgehead atoms. The Hall–Kier alpha value is -5.15. The molecule has 6 aliphatic rings. The number of benzene rings is 3. The molecule has 5 heterocycles. The lowest BCUT2D eigenvalue weighted by atomic mass is 9.76. The van der Waals surface area contributed by atoms with Crippen molar-refractivity contribution in [1.29, 1.82) is 0 Å². The number of ketones is 1. The third-order valence-corrected chi connectivity index (χ3v) is 12.0. The van der Waals surface area contributed by atoms with Crippen molar-refractivity contribution >= 4 is 34.8 Å². The van der Waals surface area contributed by atoms with Gasteiger partial charge in [-0.15, -0.1) is 0 Å². The summed E-state index contributed by atoms with van der Waals surface area (Å²) in [5, 5.41) is 40.5. The molecule has 4 atom stereocenters. The van der Waals surface area contributed by atoms with E-state index in [1.807, 2.05) is 31.2 Å². The molecule has 0 spiro atoms. The Balaban J connectivity index is 0.998. The Morgan fingerprint density at radius 2 is 1.62 bits per heavy atom. The first-order chi connectivity index (χ1) is 23.9. The van der Waals surface area contributed by atoms with Gasteiger partial charge in [-0.2, -0.15) is 0 Å². The van der Waals surface area contributed by atoms with Gasteiger partial charge in [-0.25, -0.2) is 4.79 Å². The van der Waals surface area contributed by atoms with Gasteiger partial charge in [0.1, 0.15) is 63.6 Å². The van der Waals surface area contributed by atoms with Gasteiger partial charge < -0.3 is 29.2 Å². The fourth-order valence-corrected chi connectivity index (χ4v) is 9.23. The molecule has 0 saturated carbocycles. The first kappa shape index (κ1) is 32.1. The maximum absolute atomic E-state index is 13.7. The average molecular weight is 674 g/mol. The monoisotopic (exact) mass is 673 g/mol. The highest BCUT2D eigenvalue weighted by Gasteiger charge is 2.60. The van der Waals surface area contributed by atoms with Gasteiger partial charge in [-0.3, -0.25) is 14.6 Å². The van der Waals surface area contributed by atoms with Crippen molar-refractivity contribution in [3.8, 4) is 17.2 Å². The van der Waals surface area contributed by atoms with Crippen molar-refractivity contribution in [1.82, 2.24) is 4.90 Å². The third kappa shape index (κ3) is 4.89. The maximum Gasteiger partial charge on any atom is 0.352 e. The number of hydrogen-bond donors (Lipinski definition) is 3. The van der Waals surface area contributed by atoms with Gasteiger partial charge in [0, 0.05) is 28.5 Å². The van der Waals surface area contributed by atoms with Gasteiger partial charge >= 0.3 is 12.0 Å². The summed E-state index contributed by atoms with van der Waals surface area (Å²) in [5.41, 5.74) is 6.30. The van der Waals surface area contributed by atoms with E-state index in [2.05, 4.69) is 17.1 Å². The summed E-state index contributed by atoms with van der Waals surface area (Å²) in [4.78, 5) is 44.6. The van der Waals surface area contributed by atoms with Crippen LogP contribution in [-0.4, -0.2) is 106 Å². The van der Waals surface area contributed by atoms with Gasteiger partial charge in [0.15, 0.2) is 5.78 Å². The van der Waals surface area contributed by atoms with E-state index in [4.69, 9.17) is 5.26 Å². The summed E-state index contributed by atoms with van der Waals surface area (Å²) in [5.74, 6) is -2.78. The highest BCUT2D eigenvalue weighted by Crippen LogP contribution is 2.51. The maximum atomic E-state index is 13.7. The van der Waals surface area contributed by atoms with Crippen LogP contribution in [-0.2, 0) is 16.1 Å². The second kappa shape index (κ2) is 11.5. The van der Waals surface area contributed by atoms with Gasteiger partial charge in [-0.05, 0) is 71.7 Å². The molecule has 1 aliphatic carbocycles. The molecule has 4 saturated heterocycles. The predicted molar refractivity (Wildman–Crippen MR) is 181 cm³/mol. The van der Waals surface area contributed by atoms with Crippen molar-refractivity contribution in [2.24, 2.45) is 16.8 Å². The molecule has 9 rings (SSSR count). The van der Waals surface area contributed by atoms with Crippen LogP contribution in [0.5, 0.6) is 0 Å². The number of rotatable bonds is 8. The normalized spacial score (nSPS) is 28.6. The summed E-state index contributed by atoms with van der Waals surface area (Å²) in [6, 6.07) is 20.4. The lowest BCUT2D eigenvalue weighted by Crippen LogP contribution is -2.75. The molecule has 3 aromatic carbocycles. The molecule has 0 unspecified atom stereocenters. The summed E-state index contributed by atoms with van der Waals surface area (Å²) in [7, 11) is 0. The van der Waals surface area contributed by atoms with E-state index in [0.29, 0.717) is 40.1 Å². The molecule has 0 radical (unpaired) electrons. The Morgan fingerprint density at radius 3 is 2.26 bits per heavy atom. The highest BCUT2D eigenvalue weighted by molar-refractivity contribution is 6.22. The van der Waals surface area contributed by atoms with E-state index in [1.165, 1.54) is 4.90 Å². The van der Waals surface area contributed by atoms with Crippen LogP contribution in [0.4, 0.5) is 5.69 Å². The summed E-state index contributed by atoms with van der Waals surface area (Å²) >= 11 is 0. The minimum atomic E-state index is -1.20. The lowest BCUT2D eigenvalue weighted by molar-refractivity contribution is -1.08. The number of aliphatic imine (C=N–C) groups is 1. The smallest absolute Gasteiger partial charge is 0.352 e. The number of aliphatic hydroxyl groups is 1. The van der Waals surface area contributed by atoms with Crippen molar-refractivity contribution in [2.45, 2.75) is 32.5 Å². The Bertz CT molecular complexity index is 2070. The molecule has 11 heteroatoms. The number of carboxylic acids is 1. The third-order valence-electron chi connectivity index (χ3n) is 12.0. The van der Waals surface area contributed by atoms with E-state index in [0.717, 1.165) is 71.5 Å². The van der Waals surface area contributed by atoms with E-state index in [9.17, 15) is 29.7 Å². The van der Waals surface area contributed by atoms with Crippen molar-refractivity contribution in [3.63, 3.8) is 0 Å². The largest absolute Gasteiger partial charge is 0.858 e. The van der Waals surface area contributed by atoms with Crippen molar-refractivity contribution in [2.75, 3.05) is 45.8 Å². The van der Waals surface area contributed by atoms with E-state index in [1.54, 1.807) is 37.3 Å². The molecule has 3 N–H and O–H groups in total. The highest BCUT2D eigenvalue weighted by atomic mass is 16.4. The average Bonchev–Trinajstić information content (AvgIpc) is 3.52. The van der Waals surface area contributed by atoms with E-state index < -0.39 is 24.0 Å². The second-order valence-corrected chi connectivity index (χ2v) is 14.8. The van der Waals surface area contributed by atoms with E-state index >= 15 is 0 Å². The zero-order chi connectivity index (χ0) is 35.1. The van der Waals surface area contributed by atoms with Crippen LogP contribution in [0.3, 0.4) is 0 Å². The molecule has 3 aromatic rings. The van der Waals surface area contributed by atoms with Gasteiger partial charge in [0.05, 0.1) is 23.8 Å². The van der Waals surface area contributed by atoms with Crippen molar-refractivity contribution in [3.05, 3.63) is 94.2 Å². The number of aliphatic carboxylic acids is 1. The van der Waals surface area contributed by atoms with E-state index in [-0.39, 0.29) is 29.2 Å². The van der Waals surface area contributed by atoms with Crippen LogP contribution in [0.25, 0.3) is 16.7 Å². The molecule has 50 heavy (non-hydrogen) atoms. The zero-order valence-electron chi connectivity index (χ0n) is 28.1. The van der Waals surface area contributed by atoms with Crippen LogP contribution in [0.15, 0.2) is 71.4 Å². The van der Waals surface area contributed by atoms with Crippen LogP contribution >= 0.6 is 0 Å². The summed E-state index contributed by atoms with van der Waals surface area (Å²) in [6.45, 7) is 10.3. The van der Waals surface area contributed by atoms with Crippen LogP contribution < -0.4 is 10.4 Å². The number of quaternary nitrogens is 2. The Kier molecular flexibility index (Phi) is 7.35. The summed E-state index contributed by atoms with van der Waals surface area (Å²) < 4.78 is 1.70. The Labute approximate surface area is 289 Å². The number of nitrogens with one attached hydrogen (secondary N) is 1. The number of carbonyl (C=O) groups excluding carboxylic acids is 2. The molecule has 1 amide bonds. The topological polar surface area (TPSA) is 154 Å². The number of piperazine rings is 3. The number of β-lactam (4-membered cyclic amide) rings is 1. The zero-order valence-corrected chi connectivity index (χ0v) is 28.1. The van der Waals surface area contributed by atoms with Crippen LogP contribution in [0.2, 0.25) is 0 Å². The quantitative estimate of drug-likeness (QED) is 0.110. The standard InChI is InChI=1S/C39H37N5O6/c1-22-33(36(39(49)50)42-35(22)34(23(2)45)38(42)48)26-6-10-28-30-17-25(5-9-29(30)37(47)31(28)18-26)20-43-11-14-44(15-12-43,16-13-43)21-32(46)41-27-7-3-24(19-40)4-8-27/h3-10,17-18,22-23,34-35,45H,11-16,20-21H2,1-2H3/p+2/t22-,23+,34+,35+,43?,44?/m0/s1. The molecular formula is C39H39N5O6+2. The first-order valence-electron chi connectivity index (χ1n) is 17.2. The number of amides is 1. The number of carboxylic acid groups (broad SMARTS) is 1. The minimum absolute atomic E-state index is 0.0682. The molecular weight excluding hydrogens is 634 g/mol. The molecule has 0 aromatic heterocycles. The number of nitrogens with zero attached hydrogens (tertiary/aromatic N) is 4. The molecule has 5 aliphatic heterocycles.